The fourth-order valence-corrected chi connectivity index (χ4v) is 3.53. The second kappa shape index (κ2) is 6.36. The van der Waals surface area contributed by atoms with Gasteiger partial charge in [0.1, 0.15) is 0 Å². The Labute approximate surface area is 112 Å². The summed E-state index contributed by atoms with van der Waals surface area (Å²) in [6, 6.07) is 0. The fourth-order valence-electron chi connectivity index (χ4n) is 3.53. The summed E-state index contributed by atoms with van der Waals surface area (Å²) in [6.07, 6.45) is 7.35. The zero-order chi connectivity index (χ0) is 13.0. The topological polar surface area (TPSA) is 21.7 Å². The Balaban J connectivity index is 1.62. The first-order valence-corrected chi connectivity index (χ1v) is 7.50. The quantitative estimate of drug-likeness (QED) is 0.681. The van der Waals surface area contributed by atoms with Crippen molar-refractivity contribution in [3.63, 3.8) is 0 Å². The first-order valence-electron chi connectivity index (χ1n) is 7.50. The van der Waals surface area contributed by atoms with Gasteiger partial charge in [-0.05, 0) is 51.4 Å². The molecule has 1 aliphatic carbocycles. The van der Waals surface area contributed by atoms with Crippen molar-refractivity contribution in [3.8, 4) is 0 Å². The number of hydrogen-bond donors (Lipinski definition) is 0. The minimum absolute atomic E-state index is 0.385. The molecule has 0 bridgehead atoms. The molecule has 1 heterocycles. The lowest BCUT2D eigenvalue weighted by atomic mass is 9.68. The number of methoxy groups -OCH3 is 1. The van der Waals surface area contributed by atoms with Crippen molar-refractivity contribution in [3.05, 3.63) is 0 Å². The van der Waals surface area contributed by atoms with Crippen molar-refractivity contribution in [1.82, 2.24) is 4.90 Å². The molecule has 0 amide bonds. The molecule has 1 saturated heterocycles. The molecule has 0 radical (unpaired) electrons. The predicted molar refractivity (Wildman–Crippen MR) is 73.8 cm³/mol. The van der Waals surface area contributed by atoms with Gasteiger partial charge >= 0.3 is 0 Å². The van der Waals surface area contributed by atoms with Gasteiger partial charge in [0.25, 0.3) is 0 Å². The highest BCUT2D eigenvalue weighted by molar-refractivity contribution is 4.98. The van der Waals surface area contributed by atoms with E-state index in [1.54, 1.807) is 7.11 Å². The van der Waals surface area contributed by atoms with E-state index in [1.165, 1.54) is 51.7 Å². The summed E-state index contributed by atoms with van der Waals surface area (Å²) in [7, 11) is 1.79. The molecule has 0 atom stereocenters. The van der Waals surface area contributed by atoms with Gasteiger partial charge < -0.3 is 14.4 Å². The molecule has 18 heavy (non-hydrogen) atoms. The van der Waals surface area contributed by atoms with E-state index in [0.717, 1.165) is 6.61 Å². The summed E-state index contributed by atoms with van der Waals surface area (Å²) < 4.78 is 11.0. The van der Waals surface area contributed by atoms with E-state index in [9.17, 15) is 0 Å². The molecule has 1 saturated carbocycles. The summed E-state index contributed by atoms with van der Waals surface area (Å²) in [5.41, 5.74) is 0.643. The van der Waals surface area contributed by atoms with Crippen LogP contribution in [0.1, 0.15) is 46.0 Å². The summed E-state index contributed by atoms with van der Waals surface area (Å²) in [5, 5.41) is 0. The van der Waals surface area contributed by atoms with E-state index in [1.807, 2.05) is 0 Å². The van der Waals surface area contributed by atoms with Gasteiger partial charge in [-0.25, -0.2) is 0 Å². The van der Waals surface area contributed by atoms with Crippen LogP contribution in [-0.2, 0) is 9.47 Å². The molecule has 2 rings (SSSR count). The second-order valence-electron chi connectivity index (χ2n) is 6.44. The summed E-state index contributed by atoms with van der Waals surface area (Å²) >= 11 is 0. The first kappa shape index (κ1) is 14.3. The molecule has 0 N–H and O–H groups in total. The lowest BCUT2D eigenvalue weighted by Gasteiger charge is -2.53. The van der Waals surface area contributed by atoms with Gasteiger partial charge in [0.2, 0.25) is 0 Å². The smallest absolute Gasteiger partial charge is 0.0579 e. The van der Waals surface area contributed by atoms with Crippen molar-refractivity contribution < 1.29 is 9.47 Å². The third-order valence-electron chi connectivity index (χ3n) is 4.40. The first-order chi connectivity index (χ1) is 8.63. The maximum Gasteiger partial charge on any atom is 0.0579 e. The van der Waals surface area contributed by atoms with Gasteiger partial charge in [0.15, 0.2) is 0 Å². The van der Waals surface area contributed by atoms with E-state index in [2.05, 4.69) is 18.7 Å². The predicted octanol–water partition coefficient (Wildman–Crippen LogP) is 2.69. The van der Waals surface area contributed by atoms with Gasteiger partial charge in [0, 0.05) is 33.4 Å². The van der Waals surface area contributed by atoms with E-state index in [4.69, 9.17) is 9.47 Å². The zero-order valence-corrected chi connectivity index (χ0v) is 12.3. The van der Waals surface area contributed by atoms with Crippen LogP contribution in [0.25, 0.3) is 0 Å². The van der Waals surface area contributed by atoms with Crippen molar-refractivity contribution >= 4 is 0 Å². The standard InChI is InChI=1S/C15H29NO2/c1-13(2)18-14-5-7-15(8-6-14)11-16(12-15)9-4-10-17-3/h13-14H,4-12H2,1-3H3. The molecule has 2 fully saturated rings. The zero-order valence-electron chi connectivity index (χ0n) is 12.3. The minimum atomic E-state index is 0.385. The Bertz CT molecular complexity index is 239. The van der Waals surface area contributed by atoms with Crippen molar-refractivity contribution in [2.24, 2.45) is 5.41 Å². The van der Waals surface area contributed by atoms with Crippen LogP contribution >= 0.6 is 0 Å². The highest BCUT2D eigenvalue weighted by atomic mass is 16.5. The van der Waals surface area contributed by atoms with Gasteiger partial charge in [-0.2, -0.15) is 0 Å². The number of likely N-dealkylation sites (tertiary alicyclic amines) is 1. The van der Waals surface area contributed by atoms with E-state index < -0.39 is 0 Å². The molecule has 106 valence electrons. The van der Waals surface area contributed by atoms with Crippen LogP contribution in [0.3, 0.4) is 0 Å². The Morgan fingerprint density at radius 2 is 1.89 bits per heavy atom. The largest absolute Gasteiger partial charge is 0.385 e. The third-order valence-corrected chi connectivity index (χ3v) is 4.40. The Hall–Kier alpha value is -0.120. The second-order valence-corrected chi connectivity index (χ2v) is 6.44. The van der Waals surface area contributed by atoms with Gasteiger partial charge in [-0.3, -0.25) is 0 Å². The van der Waals surface area contributed by atoms with Gasteiger partial charge in [-0.15, -0.1) is 0 Å². The van der Waals surface area contributed by atoms with Crippen LogP contribution in [0.4, 0.5) is 0 Å². The SMILES string of the molecule is COCCCN1CC2(CCC(OC(C)C)CC2)C1. The Kier molecular flexibility index (Phi) is 5.05. The number of rotatable bonds is 6. The summed E-state index contributed by atoms with van der Waals surface area (Å²) in [5.74, 6) is 0. The Morgan fingerprint density at radius 3 is 2.44 bits per heavy atom. The molecule has 0 aromatic rings. The fraction of sp³-hybridized carbons (Fsp3) is 1.00. The van der Waals surface area contributed by atoms with Crippen LogP contribution in [0.2, 0.25) is 0 Å². The monoisotopic (exact) mass is 255 g/mol. The van der Waals surface area contributed by atoms with Crippen LogP contribution in [0.5, 0.6) is 0 Å². The van der Waals surface area contributed by atoms with E-state index in [-0.39, 0.29) is 0 Å². The molecular formula is C15H29NO2. The molecular weight excluding hydrogens is 226 g/mol. The molecule has 1 aliphatic heterocycles. The number of hydrogen-bond acceptors (Lipinski definition) is 3. The highest BCUT2D eigenvalue weighted by Crippen LogP contribution is 2.44. The molecule has 0 aromatic carbocycles. The van der Waals surface area contributed by atoms with Crippen molar-refractivity contribution in [1.29, 1.82) is 0 Å². The van der Waals surface area contributed by atoms with Gasteiger partial charge in [-0.1, -0.05) is 0 Å². The van der Waals surface area contributed by atoms with Crippen molar-refractivity contribution in [2.75, 3.05) is 33.4 Å². The molecule has 2 aliphatic rings. The number of nitrogens with zero attached hydrogens (tertiary/aromatic N) is 1. The molecule has 0 unspecified atom stereocenters. The maximum absolute atomic E-state index is 5.93. The molecule has 1 spiro atoms. The summed E-state index contributed by atoms with van der Waals surface area (Å²) in [4.78, 5) is 2.59. The lowest BCUT2D eigenvalue weighted by Crippen LogP contribution is -2.58. The normalized spacial score (nSPS) is 24.7. The average molecular weight is 255 g/mol. The minimum Gasteiger partial charge on any atom is -0.385 e. The van der Waals surface area contributed by atoms with E-state index in [0.29, 0.717) is 17.6 Å². The average Bonchev–Trinajstić information content (AvgIpc) is 2.29. The van der Waals surface area contributed by atoms with Crippen LogP contribution < -0.4 is 0 Å². The number of ether oxygens (including phenoxy) is 2. The molecule has 0 aromatic heterocycles. The van der Waals surface area contributed by atoms with Crippen molar-refractivity contribution in [2.45, 2.75) is 58.2 Å². The highest BCUT2D eigenvalue weighted by Gasteiger charge is 2.44. The lowest BCUT2D eigenvalue weighted by molar-refractivity contribution is -0.0844. The third kappa shape index (κ3) is 3.69. The maximum atomic E-state index is 5.93. The van der Waals surface area contributed by atoms with Crippen LogP contribution in [0, 0.1) is 5.41 Å². The van der Waals surface area contributed by atoms with Crippen LogP contribution in [-0.4, -0.2) is 50.5 Å². The Morgan fingerprint density at radius 1 is 1.22 bits per heavy atom. The van der Waals surface area contributed by atoms with Gasteiger partial charge in [0.05, 0.1) is 12.2 Å². The van der Waals surface area contributed by atoms with E-state index >= 15 is 0 Å². The summed E-state index contributed by atoms with van der Waals surface area (Å²) in [6.45, 7) is 9.02. The molecule has 3 heteroatoms. The molecule has 3 nitrogen and oxygen atoms in total. The van der Waals surface area contributed by atoms with Crippen LogP contribution in [0.15, 0.2) is 0 Å².